The van der Waals surface area contributed by atoms with E-state index in [0.717, 1.165) is 44.2 Å². The van der Waals surface area contributed by atoms with Crippen LogP contribution in [0.4, 0.5) is 0 Å². The maximum absolute atomic E-state index is 13.8. The summed E-state index contributed by atoms with van der Waals surface area (Å²) in [7, 11) is 4.73. The van der Waals surface area contributed by atoms with Crippen LogP contribution in [0.5, 0.6) is 28.7 Å². The van der Waals surface area contributed by atoms with Gasteiger partial charge in [-0.3, -0.25) is 4.79 Å². The summed E-state index contributed by atoms with van der Waals surface area (Å²) >= 11 is 1.32. The Morgan fingerprint density at radius 2 is 1.79 bits per heavy atom. The van der Waals surface area contributed by atoms with Crippen LogP contribution in [0.2, 0.25) is 0 Å². The van der Waals surface area contributed by atoms with Crippen molar-refractivity contribution in [1.29, 1.82) is 0 Å². The topological polar surface area (TPSA) is 127 Å². The molecule has 1 N–H and O–H groups in total. The van der Waals surface area contributed by atoms with Crippen LogP contribution in [0.3, 0.4) is 0 Å². The molecule has 0 bridgehead atoms. The van der Waals surface area contributed by atoms with Crippen molar-refractivity contribution in [3.05, 3.63) is 87.7 Å². The summed E-state index contributed by atoms with van der Waals surface area (Å²) in [5.41, 5.74) is 8.42. The van der Waals surface area contributed by atoms with Gasteiger partial charge in [-0.15, -0.1) is 11.3 Å². The highest BCUT2D eigenvalue weighted by molar-refractivity contribution is 7.21. The van der Waals surface area contributed by atoms with E-state index < -0.39 is 0 Å². The number of ether oxygens (including phenoxy) is 5. The number of hydrazone groups is 1. The van der Waals surface area contributed by atoms with E-state index in [1.54, 1.807) is 14.2 Å². The van der Waals surface area contributed by atoms with Crippen molar-refractivity contribution in [2.45, 2.75) is 32.8 Å². The van der Waals surface area contributed by atoms with Crippen LogP contribution in [-0.2, 0) is 11.3 Å². The lowest BCUT2D eigenvalue weighted by atomic mass is 9.95. The molecule has 0 saturated heterocycles. The summed E-state index contributed by atoms with van der Waals surface area (Å²) in [6, 6.07) is 13.5. The Kier molecular flexibility index (Phi) is 8.36. The maximum Gasteiger partial charge on any atom is 0.283 e. The zero-order chi connectivity index (χ0) is 33.4. The van der Waals surface area contributed by atoms with E-state index in [1.165, 1.54) is 24.7 Å². The fourth-order valence-electron chi connectivity index (χ4n) is 6.12. The van der Waals surface area contributed by atoms with Gasteiger partial charge in [0, 0.05) is 47.4 Å². The van der Waals surface area contributed by atoms with Gasteiger partial charge in [-0.25, -0.2) is 10.4 Å². The minimum absolute atomic E-state index is 0.00448. The summed E-state index contributed by atoms with van der Waals surface area (Å²) < 4.78 is 30.5. The molecule has 13 heteroatoms. The first-order chi connectivity index (χ1) is 23.4. The number of nitrogens with one attached hydrogen (secondary N) is 1. The van der Waals surface area contributed by atoms with Crippen LogP contribution in [0, 0.1) is 13.8 Å². The molecule has 2 aliphatic heterocycles. The largest absolute Gasteiger partial charge is 0.497 e. The van der Waals surface area contributed by atoms with E-state index in [4.69, 9.17) is 33.5 Å². The van der Waals surface area contributed by atoms with Crippen LogP contribution in [0.15, 0.2) is 65.1 Å². The number of hydrogen-bond acceptors (Lipinski definition) is 11. The molecule has 0 spiro atoms. The number of aryl methyl sites for hydroxylation is 2. The number of oxime groups is 1. The summed E-state index contributed by atoms with van der Waals surface area (Å²) in [6.45, 7) is 3.97. The van der Waals surface area contributed by atoms with Gasteiger partial charge >= 0.3 is 0 Å². The Hall–Kier alpha value is -5.56. The molecule has 1 unspecified atom stereocenters. The summed E-state index contributed by atoms with van der Waals surface area (Å²) in [6.07, 6.45) is 5.97. The van der Waals surface area contributed by atoms with Gasteiger partial charge in [-0.1, -0.05) is 5.16 Å². The third kappa shape index (κ3) is 5.55. The normalized spacial score (nSPS) is 15.1. The molecule has 1 atom stereocenters. The number of amides is 1. The second-order valence-corrected chi connectivity index (χ2v) is 12.3. The molecule has 0 aliphatic carbocycles. The summed E-state index contributed by atoms with van der Waals surface area (Å²) in [5, 5.41) is 9.71. The SMILES string of the molecule is COc1ccc(C2=NOC(Cc3c(/C=N/NC(=O)c4sc5nc(C)cc(C)c5c4-n4cccc4)c(OC)c4c(c3OC)OCO4)C2)cc1. The Bertz CT molecular complexity index is 2070. The van der Waals surface area contributed by atoms with Crippen molar-refractivity contribution in [2.24, 2.45) is 10.3 Å². The van der Waals surface area contributed by atoms with E-state index in [2.05, 4.69) is 15.7 Å². The molecule has 5 aromatic rings. The van der Waals surface area contributed by atoms with Crippen LogP contribution in [0.25, 0.3) is 15.9 Å². The van der Waals surface area contributed by atoms with Gasteiger partial charge in [0.25, 0.3) is 5.91 Å². The van der Waals surface area contributed by atoms with Gasteiger partial charge in [-0.2, -0.15) is 5.10 Å². The number of rotatable bonds is 10. The van der Waals surface area contributed by atoms with Gasteiger partial charge in [0.2, 0.25) is 18.3 Å². The first kappa shape index (κ1) is 31.1. The molecule has 2 aromatic carbocycles. The smallest absolute Gasteiger partial charge is 0.283 e. The average molecular weight is 668 g/mol. The van der Waals surface area contributed by atoms with Crippen LogP contribution < -0.4 is 29.1 Å². The number of carbonyl (C=O) groups excluding carboxylic acids is 1. The van der Waals surface area contributed by atoms with Crippen molar-refractivity contribution in [1.82, 2.24) is 15.0 Å². The molecule has 7 rings (SSSR count). The van der Waals surface area contributed by atoms with Gasteiger partial charge < -0.3 is 33.1 Å². The minimum Gasteiger partial charge on any atom is -0.497 e. The van der Waals surface area contributed by atoms with Crippen molar-refractivity contribution >= 4 is 39.4 Å². The number of benzene rings is 2. The molecular weight excluding hydrogens is 634 g/mol. The first-order valence-corrected chi connectivity index (χ1v) is 16.0. The third-order valence-corrected chi connectivity index (χ3v) is 9.33. The molecule has 48 heavy (non-hydrogen) atoms. The zero-order valence-electron chi connectivity index (χ0n) is 27.0. The third-order valence-electron chi connectivity index (χ3n) is 8.26. The molecule has 1 amide bonds. The standard InChI is InChI=1S/C35H33N5O7S/c1-19-14-20(2)37-35-27(19)28(40-12-6-7-13-40)33(48-35)34(41)38-36-17-25-24(29(43-4)31-32(30(25)44-5)46-18-45-31)15-23-16-26(39-47-23)21-8-10-22(42-3)11-9-21/h6-14,17,23H,15-16,18H2,1-5H3,(H,38,41)/b36-17+. The Balaban J connectivity index is 1.21. The monoisotopic (exact) mass is 667 g/mol. The van der Waals surface area contributed by atoms with E-state index in [-0.39, 0.29) is 18.8 Å². The predicted octanol–water partition coefficient (Wildman–Crippen LogP) is 5.96. The molecule has 0 saturated carbocycles. The molecule has 5 heterocycles. The van der Waals surface area contributed by atoms with E-state index in [9.17, 15) is 4.79 Å². The van der Waals surface area contributed by atoms with Crippen molar-refractivity contribution in [2.75, 3.05) is 28.1 Å². The Morgan fingerprint density at radius 1 is 1.06 bits per heavy atom. The van der Waals surface area contributed by atoms with Gasteiger partial charge in [-0.05, 0) is 67.4 Å². The molecule has 0 fully saturated rings. The quantitative estimate of drug-likeness (QED) is 0.143. The molecule has 12 nitrogen and oxygen atoms in total. The van der Waals surface area contributed by atoms with E-state index in [1.807, 2.05) is 73.3 Å². The second kappa shape index (κ2) is 12.9. The number of pyridine rings is 1. The first-order valence-electron chi connectivity index (χ1n) is 15.2. The predicted molar refractivity (Wildman–Crippen MR) is 182 cm³/mol. The Morgan fingerprint density at radius 3 is 2.50 bits per heavy atom. The van der Waals surface area contributed by atoms with E-state index in [0.29, 0.717) is 51.8 Å². The van der Waals surface area contributed by atoms with Crippen molar-refractivity contribution in [3.63, 3.8) is 0 Å². The number of fused-ring (bicyclic) bond motifs is 2. The number of carbonyl (C=O) groups is 1. The van der Waals surface area contributed by atoms with Crippen molar-refractivity contribution < 1.29 is 33.3 Å². The molecule has 2 aliphatic rings. The fourth-order valence-corrected chi connectivity index (χ4v) is 7.31. The lowest BCUT2D eigenvalue weighted by molar-refractivity contribution is 0.0853. The number of methoxy groups -OCH3 is 3. The van der Waals surface area contributed by atoms with Gasteiger partial charge in [0.1, 0.15) is 21.6 Å². The van der Waals surface area contributed by atoms with E-state index >= 15 is 0 Å². The summed E-state index contributed by atoms with van der Waals surface area (Å²) in [4.78, 5) is 25.6. The fraction of sp³-hybridized carbons (Fsp3) is 0.257. The molecule has 3 aromatic heterocycles. The Labute approximate surface area is 280 Å². The number of thiophene rings is 1. The van der Waals surface area contributed by atoms with Crippen LogP contribution >= 0.6 is 11.3 Å². The lowest BCUT2D eigenvalue weighted by Gasteiger charge is -2.19. The highest BCUT2D eigenvalue weighted by atomic mass is 32.1. The minimum atomic E-state index is -0.375. The van der Waals surface area contributed by atoms with Gasteiger partial charge in [0.05, 0.1) is 38.9 Å². The van der Waals surface area contributed by atoms with Gasteiger partial charge in [0.15, 0.2) is 11.5 Å². The summed E-state index contributed by atoms with van der Waals surface area (Å²) in [5.74, 6) is 2.08. The maximum atomic E-state index is 13.8. The van der Waals surface area contributed by atoms with Crippen LogP contribution in [0.1, 0.15) is 44.0 Å². The average Bonchev–Trinajstić information content (AvgIpc) is 3.91. The highest BCUT2D eigenvalue weighted by Gasteiger charge is 2.34. The molecule has 246 valence electrons. The molecule has 0 radical (unpaired) electrons. The number of aromatic nitrogens is 2. The second-order valence-electron chi connectivity index (χ2n) is 11.3. The zero-order valence-corrected chi connectivity index (χ0v) is 27.8. The number of nitrogens with zero attached hydrogens (tertiary/aromatic N) is 4. The van der Waals surface area contributed by atoms with Crippen LogP contribution in [-0.4, -0.2) is 61.6 Å². The van der Waals surface area contributed by atoms with Crippen molar-refractivity contribution in [3.8, 4) is 34.4 Å². The lowest BCUT2D eigenvalue weighted by Crippen LogP contribution is -2.19. The number of hydrogen-bond donors (Lipinski definition) is 1. The molecular formula is C35H33N5O7S. The highest BCUT2D eigenvalue weighted by Crippen LogP contribution is 2.52.